The summed E-state index contributed by atoms with van der Waals surface area (Å²) in [7, 11) is 1.67. The number of ether oxygens (including phenoxy) is 1. The highest BCUT2D eigenvalue weighted by atomic mass is 16.5. The van der Waals surface area contributed by atoms with Gasteiger partial charge >= 0.3 is 0 Å². The third kappa shape index (κ3) is 2.64. The Morgan fingerprint density at radius 1 is 1.62 bits per heavy atom. The number of rotatable bonds is 4. The number of nitrogens with zero attached hydrogens (tertiary/aromatic N) is 1. The van der Waals surface area contributed by atoms with Gasteiger partial charge in [0.1, 0.15) is 0 Å². The number of aryl methyl sites for hydroxylation is 1. The summed E-state index contributed by atoms with van der Waals surface area (Å²) >= 11 is 0. The third-order valence-electron chi connectivity index (χ3n) is 2.93. The first-order valence-electron chi connectivity index (χ1n) is 5.77. The highest BCUT2D eigenvalue weighted by molar-refractivity contribution is 5.56. The fraction of sp³-hybridized carbons (Fsp3) is 0.583. The van der Waals surface area contributed by atoms with Gasteiger partial charge in [-0.3, -0.25) is 4.98 Å². The van der Waals surface area contributed by atoms with E-state index in [9.17, 15) is 0 Å². The van der Waals surface area contributed by atoms with Crippen molar-refractivity contribution < 1.29 is 4.74 Å². The summed E-state index contributed by atoms with van der Waals surface area (Å²) in [5.41, 5.74) is 2.03. The zero-order valence-corrected chi connectivity index (χ0v) is 9.92. The van der Waals surface area contributed by atoms with Crippen LogP contribution in [0.2, 0.25) is 0 Å². The van der Waals surface area contributed by atoms with Gasteiger partial charge in [-0.1, -0.05) is 0 Å². The van der Waals surface area contributed by atoms with E-state index in [-0.39, 0.29) is 0 Å². The fourth-order valence-electron chi connectivity index (χ4n) is 2.01. The quantitative estimate of drug-likeness (QED) is 0.810. The largest absolute Gasteiger partial charge is 0.493 e. The Labute approximate surface area is 96.4 Å². The van der Waals surface area contributed by atoms with Crippen molar-refractivity contribution in [1.29, 1.82) is 0 Å². The molecule has 0 bridgehead atoms. The Bertz CT molecular complexity index is 348. The minimum Gasteiger partial charge on any atom is -0.493 e. The van der Waals surface area contributed by atoms with Gasteiger partial charge in [-0.05, 0) is 32.4 Å². The van der Waals surface area contributed by atoms with Crippen LogP contribution in [0.5, 0.6) is 5.75 Å². The van der Waals surface area contributed by atoms with E-state index in [1.165, 1.54) is 12.8 Å². The summed E-state index contributed by atoms with van der Waals surface area (Å²) in [5, 5.41) is 6.88. The molecule has 1 aromatic rings. The van der Waals surface area contributed by atoms with Crippen LogP contribution in [-0.2, 0) is 0 Å². The van der Waals surface area contributed by atoms with Crippen molar-refractivity contribution in [2.24, 2.45) is 0 Å². The van der Waals surface area contributed by atoms with Crippen molar-refractivity contribution in [2.45, 2.75) is 25.8 Å². The second-order valence-electron chi connectivity index (χ2n) is 4.20. The molecular formula is C12H19N3O. The van der Waals surface area contributed by atoms with Gasteiger partial charge in [0.15, 0.2) is 5.75 Å². The number of pyridine rings is 1. The molecule has 2 heterocycles. The lowest BCUT2D eigenvalue weighted by atomic mass is 10.2. The summed E-state index contributed by atoms with van der Waals surface area (Å²) < 4.78 is 5.27. The van der Waals surface area contributed by atoms with Crippen LogP contribution in [0.1, 0.15) is 18.5 Å². The second-order valence-corrected chi connectivity index (χ2v) is 4.20. The fourth-order valence-corrected chi connectivity index (χ4v) is 2.01. The number of aromatic nitrogens is 1. The Kier molecular flexibility index (Phi) is 3.62. The molecule has 0 spiro atoms. The lowest BCUT2D eigenvalue weighted by Crippen LogP contribution is -2.29. The Hall–Kier alpha value is -1.29. The summed E-state index contributed by atoms with van der Waals surface area (Å²) in [6, 6.07) is 2.60. The zero-order chi connectivity index (χ0) is 11.4. The van der Waals surface area contributed by atoms with Crippen LogP contribution in [0.3, 0.4) is 0 Å². The zero-order valence-electron chi connectivity index (χ0n) is 9.92. The number of hydrogen-bond acceptors (Lipinski definition) is 4. The number of hydrogen-bond donors (Lipinski definition) is 2. The topological polar surface area (TPSA) is 46.2 Å². The molecule has 88 valence electrons. The van der Waals surface area contributed by atoms with Crippen LogP contribution >= 0.6 is 0 Å². The van der Waals surface area contributed by atoms with Crippen LogP contribution in [0.4, 0.5) is 5.69 Å². The monoisotopic (exact) mass is 221 g/mol. The molecule has 4 heteroatoms. The highest BCUT2D eigenvalue weighted by Gasteiger charge is 2.14. The summed E-state index contributed by atoms with van der Waals surface area (Å²) in [4.78, 5) is 4.21. The summed E-state index contributed by atoms with van der Waals surface area (Å²) in [6.45, 7) is 4.07. The van der Waals surface area contributed by atoms with Crippen molar-refractivity contribution in [3.8, 4) is 5.75 Å². The lowest BCUT2D eigenvalue weighted by Gasteiger charge is -2.15. The van der Waals surface area contributed by atoms with Crippen LogP contribution in [0, 0.1) is 6.92 Å². The van der Waals surface area contributed by atoms with Gasteiger partial charge in [0.2, 0.25) is 0 Å². The van der Waals surface area contributed by atoms with Gasteiger partial charge in [-0.15, -0.1) is 0 Å². The molecular weight excluding hydrogens is 202 g/mol. The molecule has 0 aromatic carbocycles. The summed E-state index contributed by atoms with van der Waals surface area (Å²) in [6.07, 6.45) is 4.29. The molecule has 0 radical (unpaired) electrons. The molecule has 1 aliphatic heterocycles. The van der Waals surface area contributed by atoms with Crippen molar-refractivity contribution in [3.63, 3.8) is 0 Å². The van der Waals surface area contributed by atoms with Gasteiger partial charge in [-0.2, -0.15) is 0 Å². The highest BCUT2D eigenvalue weighted by Crippen LogP contribution is 2.23. The molecule has 2 rings (SSSR count). The molecule has 0 saturated carbocycles. The maximum atomic E-state index is 5.27. The maximum Gasteiger partial charge on any atom is 0.160 e. The molecule has 2 N–H and O–H groups in total. The van der Waals surface area contributed by atoms with E-state index >= 15 is 0 Å². The maximum absolute atomic E-state index is 5.27. The predicted molar refractivity (Wildman–Crippen MR) is 65.0 cm³/mol. The molecule has 4 nitrogen and oxygen atoms in total. The van der Waals surface area contributed by atoms with E-state index in [0.29, 0.717) is 6.04 Å². The molecule has 1 aromatic heterocycles. The van der Waals surface area contributed by atoms with E-state index < -0.39 is 0 Å². The molecule has 1 atom stereocenters. The minimum absolute atomic E-state index is 0.582. The van der Waals surface area contributed by atoms with E-state index in [0.717, 1.165) is 30.2 Å². The predicted octanol–water partition coefficient (Wildman–Crippen LogP) is 1.56. The average molecular weight is 221 g/mol. The Morgan fingerprint density at radius 3 is 3.19 bits per heavy atom. The number of nitrogens with one attached hydrogen (secondary N) is 2. The smallest absolute Gasteiger partial charge is 0.160 e. The number of anilines is 1. The first kappa shape index (κ1) is 11.2. The number of methoxy groups -OCH3 is 1. The van der Waals surface area contributed by atoms with E-state index in [4.69, 9.17) is 4.74 Å². The Morgan fingerprint density at radius 2 is 2.50 bits per heavy atom. The SMILES string of the molecule is COc1cnc(C)cc1NCC1CCCN1. The molecule has 16 heavy (non-hydrogen) atoms. The first-order valence-corrected chi connectivity index (χ1v) is 5.77. The van der Waals surface area contributed by atoms with Crippen LogP contribution < -0.4 is 15.4 Å². The minimum atomic E-state index is 0.582. The van der Waals surface area contributed by atoms with Gasteiger partial charge in [-0.25, -0.2) is 0 Å². The molecule has 1 unspecified atom stereocenters. The normalized spacial score (nSPS) is 19.8. The van der Waals surface area contributed by atoms with Crippen molar-refractivity contribution in [1.82, 2.24) is 10.3 Å². The molecule has 1 saturated heterocycles. The third-order valence-corrected chi connectivity index (χ3v) is 2.93. The van der Waals surface area contributed by atoms with E-state index in [1.807, 2.05) is 13.0 Å². The van der Waals surface area contributed by atoms with Gasteiger partial charge < -0.3 is 15.4 Å². The average Bonchev–Trinajstić information content (AvgIpc) is 2.79. The molecule has 1 fully saturated rings. The first-order chi connectivity index (χ1) is 7.79. The van der Waals surface area contributed by atoms with Gasteiger partial charge in [0, 0.05) is 18.3 Å². The standard InChI is InChI=1S/C12H19N3O/c1-9-6-11(12(16-2)8-14-9)15-7-10-4-3-5-13-10/h6,8,10,13H,3-5,7H2,1-2H3,(H,14,15). The summed E-state index contributed by atoms with van der Waals surface area (Å²) in [5.74, 6) is 0.809. The molecule has 0 aliphatic carbocycles. The van der Waals surface area contributed by atoms with E-state index in [2.05, 4.69) is 15.6 Å². The van der Waals surface area contributed by atoms with Crippen LogP contribution in [0.25, 0.3) is 0 Å². The van der Waals surface area contributed by atoms with Gasteiger partial charge in [0.25, 0.3) is 0 Å². The van der Waals surface area contributed by atoms with Crippen molar-refractivity contribution in [2.75, 3.05) is 25.5 Å². The van der Waals surface area contributed by atoms with Crippen molar-refractivity contribution in [3.05, 3.63) is 18.0 Å². The van der Waals surface area contributed by atoms with Gasteiger partial charge in [0.05, 0.1) is 19.0 Å². The second kappa shape index (κ2) is 5.16. The lowest BCUT2D eigenvalue weighted by molar-refractivity contribution is 0.414. The van der Waals surface area contributed by atoms with Crippen LogP contribution in [0.15, 0.2) is 12.3 Å². The molecule has 0 amide bonds. The van der Waals surface area contributed by atoms with Crippen molar-refractivity contribution >= 4 is 5.69 Å². The molecule has 1 aliphatic rings. The van der Waals surface area contributed by atoms with E-state index in [1.54, 1.807) is 13.3 Å². The Balaban J connectivity index is 1.98. The van der Waals surface area contributed by atoms with Crippen LogP contribution in [-0.4, -0.2) is 31.2 Å².